The average molecular weight is 494 g/mol. The molecule has 7 nitrogen and oxygen atoms in total. The molecule has 1 saturated heterocycles. The fourth-order valence-corrected chi connectivity index (χ4v) is 4.41. The number of aromatic nitrogens is 5. The summed E-state index contributed by atoms with van der Waals surface area (Å²) in [5, 5.41) is 4.16. The van der Waals surface area contributed by atoms with E-state index in [0.717, 1.165) is 23.5 Å². The van der Waals surface area contributed by atoms with E-state index in [1.165, 1.54) is 23.0 Å². The van der Waals surface area contributed by atoms with Gasteiger partial charge in [0.05, 0.1) is 24.5 Å². The van der Waals surface area contributed by atoms with Crippen LogP contribution in [0.25, 0.3) is 11.4 Å². The number of likely N-dealkylation sites (tertiary alicyclic amines) is 1. The molecule has 4 rings (SSSR count). The number of pyridine rings is 1. The first-order valence-corrected chi connectivity index (χ1v) is 11.0. The van der Waals surface area contributed by atoms with Crippen LogP contribution in [0.3, 0.4) is 0 Å². The Morgan fingerprint density at radius 2 is 1.89 bits per heavy atom. The van der Waals surface area contributed by atoms with E-state index >= 15 is 0 Å². The molecule has 3 aromatic heterocycles. The van der Waals surface area contributed by atoms with Gasteiger partial charge in [-0.2, -0.15) is 5.10 Å². The van der Waals surface area contributed by atoms with E-state index in [1.54, 1.807) is 14.0 Å². The van der Waals surface area contributed by atoms with E-state index in [9.17, 15) is 26.7 Å². The third kappa shape index (κ3) is 5.46. The van der Waals surface area contributed by atoms with Gasteiger partial charge in [0.2, 0.25) is 0 Å². The molecule has 0 N–H and O–H groups in total. The summed E-state index contributed by atoms with van der Waals surface area (Å²) in [4.78, 5) is 26.5. The van der Waals surface area contributed by atoms with Crippen molar-refractivity contribution in [2.24, 2.45) is 13.0 Å². The van der Waals surface area contributed by atoms with Gasteiger partial charge >= 0.3 is 0 Å². The predicted octanol–water partition coefficient (Wildman–Crippen LogP) is 4.47. The van der Waals surface area contributed by atoms with Crippen molar-refractivity contribution in [3.05, 3.63) is 59.7 Å². The van der Waals surface area contributed by atoms with Crippen LogP contribution >= 0.6 is 0 Å². The number of hydrogen-bond donors (Lipinski definition) is 0. The lowest BCUT2D eigenvalue weighted by molar-refractivity contribution is -0.0932. The Hall–Kier alpha value is -3.44. The van der Waals surface area contributed by atoms with E-state index in [2.05, 4.69) is 20.1 Å². The number of amides is 1. The van der Waals surface area contributed by atoms with Gasteiger partial charge in [0.1, 0.15) is 0 Å². The third-order valence-electron chi connectivity index (χ3n) is 6.03. The number of halogens is 5. The maximum Gasteiger partial charge on any atom is 0.275 e. The van der Waals surface area contributed by atoms with Crippen LogP contribution in [-0.4, -0.2) is 54.0 Å². The molecular weight excluding hydrogens is 471 g/mol. The summed E-state index contributed by atoms with van der Waals surface area (Å²) >= 11 is 0. The summed E-state index contributed by atoms with van der Waals surface area (Å²) in [6.45, 7) is 0.854. The highest BCUT2D eigenvalue weighted by Gasteiger charge is 2.46. The molecule has 0 unspecified atom stereocenters. The minimum atomic E-state index is -3.09. The van der Waals surface area contributed by atoms with Crippen molar-refractivity contribution in [3.8, 4) is 11.4 Å². The molecule has 0 radical (unpaired) electrons. The van der Waals surface area contributed by atoms with Gasteiger partial charge < -0.3 is 4.90 Å². The fourth-order valence-electron chi connectivity index (χ4n) is 4.41. The lowest BCUT2D eigenvalue weighted by Gasteiger charge is -2.43. The van der Waals surface area contributed by atoms with E-state index < -0.39 is 49.0 Å². The van der Waals surface area contributed by atoms with Crippen LogP contribution in [0.15, 0.2) is 36.9 Å². The highest BCUT2D eigenvalue weighted by atomic mass is 19.3. The second-order valence-electron chi connectivity index (χ2n) is 8.75. The van der Waals surface area contributed by atoms with Crippen molar-refractivity contribution in [3.63, 3.8) is 0 Å². The van der Waals surface area contributed by atoms with Crippen LogP contribution in [0.2, 0.25) is 0 Å². The van der Waals surface area contributed by atoms with Gasteiger partial charge in [-0.05, 0) is 30.9 Å². The second-order valence-corrected chi connectivity index (χ2v) is 8.75. The smallest absolute Gasteiger partial charge is 0.275 e. The molecule has 0 aromatic carbocycles. The van der Waals surface area contributed by atoms with Gasteiger partial charge in [-0.25, -0.2) is 31.9 Å². The molecule has 1 aliphatic heterocycles. The summed E-state index contributed by atoms with van der Waals surface area (Å²) in [7, 11) is 1.56. The molecule has 2 atom stereocenters. The molecule has 4 heterocycles. The molecule has 35 heavy (non-hydrogen) atoms. The Bertz CT molecular complexity index is 1180. The molecule has 0 bridgehead atoms. The van der Waals surface area contributed by atoms with Crippen molar-refractivity contribution >= 4 is 5.91 Å². The Labute approximate surface area is 198 Å². The number of rotatable bonds is 6. The number of piperidine rings is 1. The molecule has 1 amide bonds. The van der Waals surface area contributed by atoms with E-state index in [1.807, 2.05) is 0 Å². The maximum atomic E-state index is 14.5. The second kappa shape index (κ2) is 9.67. The molecule has 0 aliphatic carbocycles. The Balaban J connectivity index is 1.61. The van der Waals surface area contributed by atoms with Crippen molar-refractivity contribution in [1.29, 1.82) is 0 Å². The fraction of sp³-hybridized carbons (Fsp3) is 0.435. The van der Waals surface area contributed by atoms with Crippen molar-refractivity contribution in [1.82, 2.24) is 29.6 Å². The summed E-state index contributed by atoms with van der Waals surface area (Å²) in [5.41, 5.74) is 0.391. The topological polar surface area (TPSA) is 76.8 Å². The quantitative estimate of drug-likeness (QED) is 0.473. The first-order chi connectivity index (χ1) is 16.5. The summed E-state index contributed by atoms with van der Waals surface area (Å²) < 4.78 is 69.3. The minimum absolute atomic E-state index is 0.0412. The standard InChI is InChI=1S/C23H23F5N6O/c1-13-7-23(27,28)12-34(18(13)6-5-16-4-3-14(8-29-16)20(25)26)22(35)19-17(11-33(2)32-19)21-30-9-15(24)10-31-21/h3-4,8-11,13,18,20H,5-7,12H2,1-2H3/t13-,18-/m1/s1. The molecule has 12 heteroatoms. The van der Waals surface area contributed by atoms with E-state index in [-0.39, 0.29) is 22.6 Å². The van der Waals surface area contributed by atoms with Gasteiger partial charge in [-0.3, -0.25) is 14.5 Å². The zero-order valence-electron chi connectivity index (χ0n) is 19.0. The van der Waals surface area contributed by atoms with E-state index in [0.29, 0.717) is 18.5 Å². The van der Waals surface area contributed by atoms with Crippen LogP contribution < -0.4 is 0 Å². The van der Waals surface area contributed by atoms with Crippen LogP contribution in [0, 0.1) is 11.7 Å². The SMILES string of the molecule is C[C@@H]1CC(F)(F)CN(C(=O)c2nn(C)cc2-c2ncc(F)cn2)[C@@H]1CCc1ccc(C(F)F)cn1. The summed E-state index contributed by atoms with van der Waals surface area (Å²) in [5.74, 6) is -4.97. The van der Waals surface area contributed by atoms with Gasteiger partial charge in [0.25, 0.3) is 18.3 Å². The van der Waals surface area contributed by atoms with Gasteiger partial charge in [-0.15, -0.1) is 0 Å². The number of hydrogen-bond acceptors (Lipinski definition) is 5. The monoisotopic (exact) mass is 494 g/mol. The maximum absolute atomic E-state index is 14.5. The van der Waals surface area contributed by atoms with E-state index in [4.69, 9.17) is 0 Å². The van der Waals surface area contributed by atoms with Crippen LogP contribution in [0.4, 0.5) is 22.0 Å². The number of carbonyl (C=O) groups excluding carboxylic acids is 1. The Kier molecular flexibility index (Phi) is 6.82. The van der Waals surface area contributed by atoms with Gasteiger partial charge in [-0.1, -0.05) is 6.92 Å². The number of aryl methyl sites for hydroxylation is 2. The zero-order chi connectivity index (χ0) is 25.3. The average Bonchev–Trinajstić information content (AvgIpc) is 3.19. The van der Waals surface area contributed by atoms with Crippen molar-refractivity contribution in [2.45, 2.75) is 44.6 Å². The molecule has 186 valence electrons. The van der Waals surface area contributed by atoms with Crippen LogP contribution in [0.5, 0.6) is 0 Å². The minimum Gasteiger partial charge on any atom is -0.328 e. The Morgan fingerprint density at radius 3 is 2.51 bits per heavy atom. The molecule has 1 fully saturated rings. The molecule has 3 aromatic rings. The molecule has 0 saturated carbocycles. The highest BCUT2D eigenvalue weighted by Crippen LogP contribution is 2.37. The first-order valence-electron chi connectivity index (χ1n) is 11.0. The lowest BCUT2D eigenvalue weighted by atomic mass is 9.85. The van der Waals surface area contributed by atoms with Crippen molar-refractivity contribution < 1.29 is 26.7 Å². The molecule has 1 aliphatic rings. The Morgan fingerprint density at radius 1 is 1.17 bits per heavy atom. The molecular formula is C23H23F5N6O. The normalized spacial score (nSPS) is 19.8. The van der Waals surface area contributed by atoms with Crippen molar-refractivity contribution in [2.75, 3.05) is 6.54 Å². The largest absolute Gasteiger partial charge is 0.328 e. The van der Waals surface area contributed by atoms with Crippen LogP contribution in [-0.2, 0) is 13.5 Å². The highest BCUT2D eigenvalue weighted by molar-refractivity contribution is 5.98. The third-order valence-corrected chi connectivity index (χ3v) is 6.03. The number of alkyl halides is 4. The summed E-state index contributed by atoms with van der Waals surface area (Å²) in [6, 6.07) is 2.18. The zero-order valence-corrected chi connectivity index (χ0v) is 19.0. The number of nitrogens with zero attached hydrogens (tertiary/aromatic N) is 6. The number of carbonyl (C=O) groups is 1. The lowest BCUT2D eigenvalue weighted by Crippen LogP contribution is -2.55. The van der Waals surface area contributed by atoms with Gasteiger partial charge in [0.15, 0.2) is 17.3 Å². The summed E-state index contributed by atoms with van der Waals surface area (Å²) in [6.07, 6.45) is 2.02. The van der Waals surface area contributed by atoms with Gasteiger partial charge in [0, 0.05) is 43.2 Å². The first kappa shape index (κ1) is 24.7. The predicted molar refractivity (Wildman–Crippen MR) is 115 cm³/mol. The molecule has 0 spiro atoms. The van der Waals surface area contributed by atoms with Crippen LogP contribution in [0.1, 0.15) is 47.9 Å².